The molecule has 2 aromatic rings. The lowest BCUT2D eigenvalue weighted by Crippen LogP contribution is -2.52. The largest absolute Gasteiger partial charge is 0.507 e. The van der Waals surface area contributed by atoms with Crippen molar-refractivity contribution in [2.45, 2.75) is 82.2 Å². The van der Waals surface area contributed by atoms with Crippen molar-refractivity contribution in [1.82, 2.24) is 10.6 Å². The number of hydrogen-bond acceptors (Lipinski definition) is 12. The SMILES string of the molecule is CCCNC(=O)CCNC(=O)OC[C@]1(O)Cc2c(O)c3c(c(O)c2[C@@H](O[C@H]2C[C@H](N)[C@H](O)[C@H](C)O2)C1)C(=O)c1ccccc1C3=O.Cl. The molecule has 0 aromatic heterocycles. The van der Waals surface area contributed by atoms with Gasteiger partial charge in [-0.2, -0.15) is 0 Å². The number of halogens is 1. The molecule has 0 radical (unpaired) electrons. The Morgan fingerprint density at radius 2 is 1.70 bits per heavy atom. The number of nitrogens with one attached hydrogen (secondary N) is 2. The maximum Gasteiger partial charge on any atom is 0.407 e. The van der Waals surface area contributed by atoms with Gasteiger partial charge in [-0.15, -0.1) is 12.4 Å². The fourth-order valence-electron chi connectivity index (χ4n) is 6.22. The Kier molecular flexibility index (Phi) is 11.2. The first-order valence-electron chi connectivity index (χ1n) is 15.3. The quantitative estimate of drug-likeness (QED) is 0.160. The highest BCUT2D eigenvalue weighted by atomic mass is 35.5. The molecule has 0 saturated carbocycles. The van der Waals surface area contributed by atoms with Crippen molar-refractivity contribution in [1.29, 1.82) is 0 Å². The van der Waals surface area contributed by atoms with Crippen LogP contribution in [0, 0.1) is 0 Å². The van der Waals surface area contributed by atoms with Crippen molar-refractivity contribution < 1.29 is 53.8 Å². The number of carbonyl (C=O) groups excluding carboxylic acids is 4. The monoisotopic (exact) mass is 677 g/mol. The number of ketones is 2. The normalized spacial score (nSPS) is 26.3. The third kappa shape index (κ3) is 7.22. The maximum atomic E-state index is 13.5. The Bertz CT molecular complexity index is 1540. The number of hydrogen-bond donors (Lipinski definition) is 7. The van der Waals surface area contributed by atoms with Crippen molar-refractivity contribution in [3.63, 3.8) is 0 Å². The minimum Gasteiger partial charge on any atom is -0.507 e. The average molecular weight is 678 g/mol. The molecule has 6 atom stereocenters. The predicted octanol–water partition coefficient (Wildman–Crippen LogP) is 1.50. The second kappa shape index (κ2) is 14.5. The van der Waals surface area contributed by atoms with Crippen molar-refractivity contribution in [2.75, 3.05) is 19.7 Å². The van der Waals surface area contributed by atoms with Crippen LogP contribution in [0.15, 0.2) is 24.3 Å². The van der Waals surface area contributed by atoms with Gasteiger partial charge in [0.25, 0.3) is 0 Å². The standard InChI is InChI=1S/C32H39N3O11.ClH/c1-3-9-34-21(36)8-10-35-31(42)44-14-32(43)12-18-23(20(13-32)46-22-11-19(33)26(37)15(2)45-22)30(41)25-24(29(18)40)27(38)16-6-4-5-7-17(16)28(25)39;/h4-7,15,19-20,22,26,37,40-41,43H,3,8-14,33H2,1-2H3,(H,34,36)(H,35,42);1H/t15-,19-,20-,22-,26+,32-;/m0./s1. The summed E-state index contributed by atoms with van der Waals surface area (Å²) in [6.45, 7) is 3.42. The minimum atomic E-state index is -1.88. The van der Waals surface area contributed by atoms with Gasteiger partial charge < -0.3 is 51.0 Å². The fraction of sp³-hybridized carbons (Fsp3) is 0.500. The van der Waals surface area contributed by atoms with Crippen LogP contribution in [0.5, 0.6) is 11.5 Å². The lowest BCUT2D eigenvalue weighted by atomic mass is 9.73. The van der Waals surface area contributed by atoms with Gasteiger partial charge in [-0.05, 0) is 13.3 Å². The first-order valence-corrected chi connectivity index (χ1v) is 15.3. The summed E-state index contributed by atoms with van der Waals surface area (Å²) in [6.07, 6.45) is -4.68. The molecule has 15 heteroatoms. The van der Waals surface area contributed by atoms with Crippen molar-refractivity contribution in [2.24, 2.45) is 5.73 Å². The zero-order chi connectivity index (χ0) is 33.3. The third-order valence-electron chi connectivity index (χ3n) is 8.59. The van der Waals surface area contributed by atoms with E-state index in [1.165, 1.54) is 12.1 Å². The van der Waals surface area contributed by atoms with Gasteiger partial charge in [-0.1, -0.05) is 31.2 Å². The minimum absolute atomic E-state index is 0. The van der Waals surface area contributed by atoms with E-state index in [2.05, 4.69) is 10.6 Å². The summed E-state index contributed by atoms with van der Waals surface area (Å²) in [5.41, 5.74) is 3.42. The van der Waals surface area contributed by atoms with Crippen LogP contribution in [0.3, 0.4) is 0 Å². The van der Waals surface area contributed by atoms with Crippen molar-refractivity contribution >= 4 is 36.0 Å². The number of carbonyl (C=O) groups is 4. The van der Waals surface area contributed by atoms with Gasteiger partial charge >= 0.3 is 6.09 Å². The Morgan fingerprint density at radius 3 is 2.32 bits per heavy atom. The molecule has 0 spiro atoms. The molecule has 5 rings (SSSR count). The van der Waals surface area contributed by atoms with Crippen molar-refractivity contribution in [3.05, 3.63) is 57.6 Å². The molecule has 14 nitrogen and oxygen atoms in total. The first-order chi connectivity index (χ1) is 21.8. The second-order valence-electron chi connectivity index (χ2n) is 12.0. The van der Waals surface area contributed by atoms with E-state index < -0.39 is 77.6 Å². The van der Waals surface area contributed by atoms with Gasteiger partial charge in [-0.25, -0.2) is 4.79 Å². The van der Waals surface area contributed by atoms with E-state index in [0.717, 1.165) is 6.42 Å². The van der Waals surface area contributed by atoms with Gasteiger partial charge in [0.05, 0.1) is 29.4 Å². The molecular weight excluding hydrogens is 638 g/mol. The highest BCUT2D eigenvalue weighted by Gasteiger charge is 2.48. The Balaban J connectivity index is 0.00000500. The van der Waals surface area contributed by atoms with Gasteiger partial charge in [0.1, 0.15) is 23.7 Å². The van der Waals surface area contributed by atoms with Crippen LogP contribution in [0.4, 0.5) is 4.79 Å². The number of alkyl carbamates (subject to hydrolysis) is 1. The second-order valence-corrected chi connectivity index (χ2v) is 12.0. The van der Waals surface area contributed by atoms with Gasteiger partial charge in [0.15, 0.2) is 17.9 Å². The zero-order valence-corrected chi connectivity index (χ0v) is 26.8. The molecular formula is C32H40ClN3O11. The van der Waals surface area contributed by atoms with E-state index in [4.69, 9.17) is 19.9 Å². The third-order valence-corrected chi connectivity index (χ3v) is 8.59. The van der Waals surface area contributed by atoms with E-state index in [-0.39, 0.29) is 78.4 Å². The van der Waals surface area contributed by atoms with E-state index in [0.29, 0.717) is 6.54 Å². The van der Waals surface area contributed by atoms with Crippen LogP contribution in [0.25, 0.3) is 0 Å². The maximum absolute atomic E-state index is 13.5. The first kappa shape index (κ1) is 36.1. The van der Waals surface area contributed by atoms with Gasteiger partial charge in [-0.3, -0.25) is 14.4 Å². The topological polar surface area (TPSA) is 227 Å². The number of aliphatic hydroxyl groups is 2. The van der Waals surface area contributed by atoms with Crippen molar-refractivity contribution in [3.8, 4) is 11.5 Å². The molecule has 1 saturated heterocycles. The molecule has 2 aliphatic carbocycles. The fourth-order valence-corrected chi connectivity index (χ4v) is 6.22. The van der Waals surface area contributed by atoms with Crippen LogP contribution < -0.4 is 16.4 Å². The molecule has 256 valence electrons. The lowest BCUT2D eigenvalue weighted by Gasteiger charge is -2.42. The number of benzene rings is 2. The Morgan fingerprint density at radius 1 is 1.06 bits per heavy atom. The molecule has 1 heterocycles. The van der Waals surface area contributed by atoms with E-state index >= 15 is 0 Å². The van der Waals surface area contributed by atoms with Crippen LogP contribution >= 0.6 is 12.4 Å². The van der Waals surface area contributed by atoms with Crippen LogP contribution in [-0.2, 0) is 25.4 Å². The number of aromatic hydroxyl groups is 2. The van der Waals surface area contributed by atoms with E-state index in [9.17, 15) is 39.6 Å². The summed E-state index contributed by atoms with van der Waals surface area (Å²) in [5, 5.41) is 50.2. The number of phenols is 2. The Labute approximate surface area is 277 Å². The number of fused-ring (bicyclic) bond motifs is 3. The van der Waals surface area contributed by atoms with Crippen LogP contribution in [-0.4, -0.2) is 93.8 Å². The summed E-state index contributed by atoms with van der Waals surface area (Å²) < 4.78 is 17.3. The highest BCUT2D eigenvalue weighted by Crippen LogP contribution is 2.51. The van der Waals surface area contributed by atoms with E-state index in [1.807, 2.05) is 6.92 Å². The molecule has 1 fully saturated rings. The molecule has 0 unspecified atom stereocenters. The molecule has 0 bridgehead atoms. The van der Waals surface area contributed by atoms with Crippen LogP contribution in [0.1, 0.15) is 88.6 Å². The van der Waals surface area contributed by atoms with Gasteiger partial charge in [0.2, 0.25) is 5.91 Å². The van der Waals surface area contributed by atoms with E-state index in [1.54, 1.807) is 19.1 Å². The molecule has 8 N–H and O–H groups in total. The molecule has 47 heavy (non-hydrogen) atoms. The molecule has 3 aliphatic rings. The summed E-state index contributed by atoms with van der Waals surface area (Å²) in [5.74, 6) is -2.80. The number of ether oxygens (including phenoxy) is 3. The summed E-state index contributed by atoms with van der Waals surface area (Å²) in [7, 11) is 0. The zero-order valence-electron chi connectivity index (χ0n) is 26.0. The molecule has 1 aliphatic heterocycles. The number of aliphatic hydroxyl groups excluding tert-OH is 1. The average Bonchev–Trinajstić information content (AvgIpc) is 3.02. The molecule has 2 amide bonds. The number of nitrogens with two attached hydrogens (primary N) is 1. The summed E-state index contributed by atoms with van der Waals surface area (Å²) in [4.78, 5) is 51.3. The summed E-state index contributed by atoms with van der Waals surface area (Å²) in [6, 6.07) is 5.32. The highest BCUT2D eigenvalue weighted by molar-refractivity contribution is 6.30. The van der Waals surface area contributed by atoms with Gasteiger partial charge in [0, 0.05) is 67.1 Å². The smallest absolute Gasteiger partial charge is 0.407 e. The predicted molar refractivity (Wildman–Crippen MR) is 168 cm³/mol. The lowest BCUT2D eigenvalue weighted by molar-refractivity contribution is -0.248. The number of rotatable bonds is 9. The number of phenolic OH excluding ortho intramolecular Hbond substituents is 2. The van der Waals surface area contributed by atoms with Crippen LogP contribution in [0.2, 0.25) is 0 Å². The Hall–Kier alpha value is -3.79. The number of amides is 2. The molecule has 2 aromatic carbocycles. The summed E-state index contributed by atoms with van der Waals surface area (Å²) >= 11 is 0.